The monoisotopic (exact) mass is 284 g/mol. The molecule has 4 heterocycles. The zero-order valence-corrected chi connectivity index (χ0v) is 11.5. The Morgan fingerprint density at radius 1 is 1.35 bits per heavy atom. The second-order valence-electron chi connectivity index (χ2n) is 4.96. The van der Waals surface area contributed by atoms with Crippen molar-refractivity contribution in [2.45, 2.75) is 6.54 Å². The van der Waals surface area contributed by atoms with Gasteiger partial charge >= 0.3 is 0 Å². The molecule has 4 nitrogen and oxygen atoms in total. The van der Waals surface area contributed by atoms with E-state index in [2.05, 4.69) is 38.7 Å². The van der Waals surface area contributed by atoms with Crippen LogP contribution < -0.4 is 5.32 Å². The second-order valence-corrected chi connectivity index (χ2v) is 5.40. The van der Waals surface area contributed by atoms with Crippen LogP contribution in [0.2, 0.25) is 5.02 Å². The number of aromatic amines is 1. The highest BCUT2D eigenvalue weighted by Gasteiger charge is 2.16. The first kappa shape index (κ1) is 11.6. The van der Waals surface area contributed by atoms with Crippen molar-refractivity contribution in [1.29, 1.82) is 0 Å². The highest BCUT2D eigenvalue weighted by molar-refractivity contribution is 6.31. The molecular formula is C15H13ClN4. The molecule has 5 heteroatoms. The highest BCUT2D eigenvalue weighted by Crippen LogP contribution is 2.32. The fourth-order valence-corrected chi connectivity index (χ4v) is 2.89. The van der Waals surface area contributed by atoms with E-state index in [1.165, 1.54) is 0 Å². The summed E-state index contributed by atoms with van der Waals surface area (Å²) in [6.07, 6.45) is 5.79. The number of aromatic nitrogens is 3. The van der Waals surface area contributed by atoms with Gasteiger partial charge in [0.2, 0.25) is 0 Å². The average Bonchev–Trinajstić information content (AvgIpc) is 3.02. The van der Waals surface area contributed by atoms with Gasteiger partial charge in [0.15, 0.2) is 0 Å². The maximum atomic E-state index is 6.05. The highest BCUT2D eigenvalue weighted by atomic mass is 35.5. The molecule has 20 heavy (non-hydrogen) atoms. The number of rotatable bonds is 1. The Labute approximate surface area is 121 Å². The number of halogens is 1. The molecule has 0 aromatic carbocycles. The van der Waals surface area contributed by atoms with E-state index >= 15 is 0 Å². The summed E-state index contributed by atoms with van der Waals surface area (Å²) in [7, 11) is 0. The predicted octanol–water partition coefficient (Wildman–Crippen LogP) is 3.26. The Morgan fingerprint density at radius 2 is 2.25 bits per heavy atom. The minimum atomic E-state index is 0.647. The molecule has 0 fully saturated rings. The summed E-state index contributed by atoms with van der Waals surface area (Å²) in [6.45, 7) is 5.93. The molecule has 0 unspecified atom stereocenters. The van der Waals surface area contributed by atoms with Crippen molar-refractivity contribution in [3.05, 3.63) is 48.0 Å². The first-order valence-electron chi connectivity index (χ1n) is 6.49. The standard InChI is InChI=1S/C15H13ClN4/c1-9-14-4-10(8-20(14)3-2-17-9)13-7-19-15-12(13)5-11(16)6-18-15/h4-8,17H,1-3H2,(H,18,19). The van der Waals surface area contributed by atoms with Gasteiger partial charge in [-0.1, -0.05) is 18.2 Å². The zero-order chi connectivity index (χ0) is 13.7. The summed E-state index contributed by atoms with van der Waals surface area (Å²) in [5.74, 6) is 0. The molecule has 4 rings (SSSR count). The fourth-order valence-electron chi connectivity index (χ4n) is 2.73. The number of H-pyrrole nitrogens is 1. The van der Waals surface area contributed by atoms with Crippen molar-refractivity contribution >= 4 is 28.3 Å². The van der Waals surface area contributed by atoms with Crippen molar-refractivity contribution in [2.24, 2.45) is 0 Å². The summed E-state index contributed by atoms with van der Waals surface area (Å²) in [4.78, 5) is 7.49. The molecule has 1 aliphatic rings. The Balaban J connectivity index is 1.91. The molecule has 0 saturated heterocycles. The van der Waals surface area contributed by atoms with Crippen LogP contribution in [0.25, 0.3) is 27.9 Å². The first-order chi connectivity index (χ1) is 9.72. The van der Waals surface area contributed by atoms with Crippen LogP contribution in [0.15, 0.2) is 37.3 Å². The topological polar surface area (TPSA) is 45.6 Å². The lowest BCUT2D eigenvalue weighted by Crippen LogP contribution is -2.25. The first-order valence-corrected chi connectivity index (χ1v) is 6.86. The zero-order valence-electron chi connectivity index (χ0n) is 10.8. The van der Waals surface area contributed by atoms with Crippen LogP contribution in [0.4, 0.5) is 0 Å². The number of hydrogen-bond donors (Lipinski definition) is 2. The fraction of sp³-hybridized carbons (Fsp3) is 0.133. The smallest absolute Gasteiger partial charge is 0.137 e. The van der Waals surface area contributed by atoms with Crippen LogP contribution in [-0.4, -0.2) is 21.1 Å². The van der Waals surface area contributed by atoms with Crippen molar-refractivity contribution in [3.8, 4) is 11.1 Å². The largest absolute Gasteiger partial charge is 0.382 e. The van der Waals surface area contributed by atoms with Crippen molar-refractivity contribution < 1.29 is 0 Å². The molecule has 0 amide bonds. The van der Waals surface area contributed by atoms with Gasteiger partial charge in [-0.2, -0.15) is 0 Å². The van der Waals surface area contributed by atoms with E-state index in [1.54, 1.807) is 6.20 Å². The van der Waals surface area contributed by atoms with Gasteiger partial charge in [-0.15, -0.1) is 0 Å². The van der Waals surface area contributed by atoms with E-state index in [0.29, 0.717) is 5.02 Å². The van der Waals surface area contributed by atoms with E-state index in [-0.39, 0.29) is 0 Å². The summed E-state index contributed by atoms with van der Waals surface area (Å²) in [5.41, 5.74) is 5.23. The van der Waals surface area contributed by atoms with Crippen LogP contribution >= 0.6 is 11.6 Å². The van der Waals surface area contributed by atoms with Gasteiger partial charge < -0.3 is 14.9 Å². The van der Waals surface area contributed by atoms with E-state index in [0.717, 1.165) is 46.6 Å². The molecule has 0 aliphatic carbocycles. The summed E-state index contributed by atoms with van der Waals surface area (Å²) >= 11 is 6.05. The van der Waals surface area contributed by atoms with Crippen LogP contribution in [0.1, 0.15) is 5.69 Å². The maximum absolute atomic E-state index is 6.05. The van der Waals surface area contributed by atoms with Gasteiger partial charge in [0.05, 0.1) is 16.4 Å². The molecule has 3 aromatic heterocycles. The molecule has 0 bridgehead atoms. The minimum Gasteiger partial charge on any atom is -0.382 e. The molecule has 0 radical (unpaired) electrons. The molecule has 0 atom stereocenters. The van der Waals surface area contributed by atoms with E-state index < -0.39 is 0 Å². The molecule has 0 saturated carbocycles. The van der Waals surface area contributed by atoms with E-state index in [1.807, 2.05) is 12.3 Å². The van der Waals surface area contributed by atoms with Crippen LogP contribution in [0.3, 0.4) is 0 Å². The van der Waals surface area contributed by atoms with E-state index in [9.17, 15) is 0 Å². The molecule has 3 aromatic rings. The van der Waals surface area contributed by atoms with Gasteiger partial charge in [-0.3, -0.25) is 0 Å². The van der Waals surface area contributed by atoms with Gasteiger partial charge in [0.25, 0.3) is 0 Å². The maximum Gasteiger partial charge on any atom is 0.137 e. The third-order valence-corrected chi connectivity index (χ3v) is 3.91. The SMILES string of the molecule is C=C1NCCn2cc(-c3c[nH]c4ncc(Cl)cc34)cc21. The van der Waals surface area contributed by atoms with Gasteiger partial charge in [0, 0.05) is 48.2 Å². The van der Waals surface area contributed by atoms with Crippen molar-refractivity contribution in [3.63, 3.8) is 0 Å². The Bertz CT molecular complexity index is 828. The predicted molar refractivity (Wildman–Crippen MR) is 81.6 cm³/mol. The van der Waals surface area contributed by atoms with Crippen LogP contribution in [0, 0.1) is 0 Å². The normalized spacial score (nSPS) is 14.3. The molecular weight excluding hydrogens is 272 g/mol. The number of nitrogens with zero attached hydrogens (tertiary/aromatic N) is 2. The number of pyridine rings is 1. The second kappa shape index (κ2) is 4.15. The van der Waals surface area contributed by atoms with Crippen molar-refractivity contribution in [1.82, 2.24) is 19.9 Å². The Hall–Kier alpha value is -2.20. The van der Waals surface area contributed by atoms with E-state index in [4.69, 9.17) is 11.6 Å². The summed E-state index contributed by atoms with van der Waals surface area (Å²) in [6, 6.07) is 4.09. The van der Waals surface area contributed by atoms with Gasteiger partial charge in [0.1, 0.15) is 5.65 Å². The number of nitrogens with one attached hydrogen (secondary N) is 2. The van der Waals surface area contributed by atoms with Crippen LogP contribution in [-0.2, 0) is 6.54 Å². The lowest BCUT2D eigenvalue weighted by Gasteiger charge is -2.18. The molecule has 100 valence electrons. The minimum absolute atomic E-state index is 0.647. The lowest BCUT2D eigenvalue weighted by atomic mass is 10.1. The third-order valence-electron chi connectivity index (χ3n) is 3.71. The Kier molecular flexibility index (Phi) is 2.41. The average molecular weight is 285 g/mol. The summed E-state index contributed by atoms with van der Waals surface area (Å²) < 4.78 is 2.23. The summed E-state index contributed by atoms with van der Waals surface area (Å²) in [5, 5.41) is 4.97. The molecule has 0 spiro atoms. The van der Waals surface area contributed by atoms with Gasteiger partial charge in [-0.05, 0) is 12.1 Å². The number of fused-ring (bicyclic) bond motifs is 2. The number of hydrogen-bond acceptors (Lipinski definition) is 2. The quantitative estimate of drug-likeness (QED) is 0.720. The van der Waals surface area contributed by atoms with Gasteiger partial charge in [-0.25, -0.2) is 4.98 Å². The third kappa shape index (κ3) is 1.65. The Morgan fingerprint density at radius 3 is 3.10 bits per heavy atom. The lowest BCUT2D eigenvalue weighted by molar-refractivity contribution is 0.628. The molecule has 1 aliphatic heterocycles. The van der Waals surface area contributed by atoms with Crippen molar-refractivity contribution in [2.75, 3.05) is 6.54 Å². The van der Waals surface area contributed by atoms with Crippen LogP contribution in [0.5, 0.6) is 0 Å². The molecule has 2 N–H and O–H groups in total.